The van der Waals surface area contributed by atoms with Crippen molar-refractivity contribution in [2.24, 2.45) is 0 Å². The van der Waals surface area contributed by atoms with E-state index in [1.165, 1.54) is 5.56 Å². The van der Waals surface area contributed by atoms with E-state index >= 15 is 0 Å². The van der Waals surface area contributed by atoms with Crippen molar-refractivity contribution in [3.8, 4) is 11.3 Å². The largest absolute Gasteiger partial charge is 0.310 e. The van der Waals surface area contributed by atoms with Crippen molar-refractivity contribution in [3.05, 3.63) is 70.8 Å². The van der Waals surface area contributed by atoms with Crippen LogP contribution in [0.5, 0.6) is 0 Å². The predicted molar refractivity (Wildman–Crippen MR) is 87.2 cm³/mol. The Morgan fingerprint density at radius 3 is 2.67 bits per heavy atom. The first-order chi connectivity index (χ1) is 10.4. The Hall–Kier alpha value is -2.04. The van der Waals surface area contributed by atoms with Crippen LogP contribution in [0.1, 0.15) is 10.7 Å². The van der Waals surface area contributed by atoms with Crippen LogP contribution in [0.25, 0.3) is 11.3 Å². The Kier molecular flexibility index (Phi) is 4.71. The maximum Gasteiger partial charge on any atom is 0.107 e. The fraction of sp³-hybridized carbons (Fsp3) is 0.176. The average Bonchev–Trinajstić information content (AvgIpc) is 3.02. The Morgan fingerprint density at radius 2 is 1.86 bits per heavy atom. The van der Waals surface area contributed by atoms with Crippen molar-refractivity contribution < 1.29 is 0 Å². The van der Waals surface area contributed by atoms with Crippen LogP contribution in [0, 0.1) is 0 Å². The van der Waals surface area contributed by atoms with Gasteiger partial charge in [0.2, 0.25) is 0 Å². The van der Waals surface area contributed by atoms with Gasteiger partial charge in [-0.25, -0.2) is 4.98 Å². The van der Waals surface area contributed by atoms with Gasteiger partial charge in [0.15, 0.2) is 0 Å². The molecular weight excluding hydrogens is 278 g/mol. The molecule has 3 nitrogen and oxygen atoms in total. The Morgan fingerprint density at radius 1 is 1.00 bits per heavy atom. The van der Waals surface area contributed by atoms with Gasteiger partial charge in [-0.3, -0.25) is 4.98 Å². The summed E-state index contributed by atoms with van der Waals surface area (Å²) in [6, 6.07) is 16.3. The zero-order valence-corrected chi connectivity index (χ0v) is 12.5. The van der Waals surface area contributed by atoms with Gasteiger partial charge in [0.05, 0.1) is 5.69 Å². The summed E-state index contributed by atoms with van der Waals surface area (Å²) in [5.41, 5.74) is 3.35. The van der Waals surface area contributed by atoms with Gasteiger partial charge in [-0.2, -0.15) is 0 Å². The highest BCUT2D eigenvalue weighted by Gasteiger charge is 2.03. The summed E-state index contributed by atoms with van der Waals surface area (Å²) in [5.74, 6) is 0. The molecule has 2 heterocycles. The quantitative estimate of drug-likeness (QED) is 0.707. The topological polar surface area (TPSA) is 37.8 Å². The molecule has 0 atom stereocenters. The van der Waals surface area contributed by atoms with E-state index in [0.29, 0.717) is 0 Å². The van der Waals surface area contributed by atoms with Crippen molar-refractivity contribution >= 4 is 11.3 Å². The second-order valence-electron chi connectivity index (χ2n) is 4.74. The van der Waals surface area contributed by atoms with Gasteiger partial charge in [0.1, 0.15) is 5.01 Å². The summed E-state index contributed by atoms with van der Waals surface area (Å²) >= 11 is 1.70. The van der Waals surface area contributed by atoms with Crippen molar-refractivity contribution in [1.29, 1.82) is 0 Å². The first-order valence-electron chi connectivity index (χ1n) is 7.02. The number of hydrogen-bond donors (Lipinski definition) is 1. The molecule has 0 spiro atoms. The van der Waals surface area contributed by atoms with Gasteiger partial charge in [-0.1, -0.05) is 36.4 Å². The van der Waals surface area contributed by atoms with E-state index in [-0.39, 0.29) is 0 Å². The molecular formula is C17H17N3S. The standard InChI is InChI=1S/C17H17N3S/c1-2-6-14(7-3-1)16-13-21-17(20-16)12-18-11-9-15-8-4-5-10-19-15/h1-8,10,13,18H,9,11-12H2. The smallest absolute Gasteiger partial charge is 0.107 e. The number of nitrogens with zero attached hydrogens (tertiary/aromatic N) is 2. The van der Waals surface area contributed by atoms with Crippen LogP contribution >= 0.6 is 11.3 Å². The van der Waals surface area contributed by atoms with Crippen LogP contribution < -0.4 is 5.32 Å². The summed E-state index contributed by atoms with van der Waals surface area (Å²) in [6.07, 6.45) is 2.78. The molecule has 0 bridgehead atoms. The minimum atomic E-state index is 0.810. The zero-order chi connectivity index (χ0) is 14.3. The van der Waals surface area contributed by atoms with Gasteiger partial charge in [0.25, 0.3) is 0 Å². The van der Waals surface area contributed by atoms with Crippen LogP contribution in [-0.2, 0) is 13.0 Å². The number of pyridine rings is 1. The molecule has 0 saturated carbocycles. The molecule has 21 heavy (non-hydrogen) atoms. The molecule has 0 aliphatic rings. The highest BCUT2D eigenvalue weighted by Crippen LogP contribution is 2.21. The van der Waals surface area contributed by atoms with Gasteiger partial charge in [-0.05, 0) is 12.1 Å². The van der Waals surface area contributed by atoms with Gasteiger partial charge >= 0.3 is 0 Å². The normalized spacial score (nSPS) is 10.7. The Labute approximate surface area is 128 Å². The third kappa shape index (κ3) is 3.97. The maximum atomic E-state index is 4.67. The lowest BCUT2D eigenvalue weighted by Crippen LogP contribution is -2.16. The molecule has 0 amide bonds. The van der Waals surface area contributed by atoms with Crippen molar-refractivity contribution in [3.63, 3.8) is 0 Å². The van der Waals surface area contributed by atoms with Gasteiger partial charge in [0, 0.05) is 42.3 Å². The molecule has 1 aromatic carbocycles. The molecule has 0 aliphatic heterocycles. The van der Waals surface area contributed by atoms with E-state index in [1.807, 2.05) is 36.5 Å². The van der Waals surface area contributed by atoms with Gasteiger partial charge < -0.3 is 5.32 Å². The molecule has 0 fully saturated rings. The molecule has 4 heteroatoms. The fourth-order valence-electron chi connectivity index (χ4n) is 2.09. The van der Waals surface area contributed by atoms with E-state index in [2.05, 4.69) is 38.9 Å². The second-order valence-corrected chi connectivity index (χ2v) is 5.68. The Bertz CT molecular complexity index is 665. The number of nitrogens with one attached hydrogen (secondary N) is 1. The molecule has 2 aromatic heterocycles. The van der Waals surface area contributed by atoms with Crippen molar-refractivity contribution in [1.82, 2.24) is 15.3 Å². The molecule has 0 radical (unpaired) electrons. The molecule has 0 unspecified atom stereocenters. The fourth-order valence-corrected chi connectivity index (χ4v) is 2.86. The van der Waals surface area contributed by atoms with Crippen LogP contribution in [0.2, 0.25) is 0 Å². The van der Waals surface area contributed by atoms with Crippen molar-refractivity contribution in [2.45, 2.75) is 13.0 Å². The molecule has 0 saturated heterocycles. The molecule has 106 valence electrons. The lowest BCUT2D eigenvalue weighted by atomic mass is 10.2. The van der Waals surface area contributed by atoms with Crippen molar-refractivity contribution in [2.75, 3.05) is 6.54 Å². The summed E-state index contributed by atoms with van der Waals surface area (Å²) < 4.78 is 0. The summed E-state index contributed by atoms with van der Waals surface area (Å²) in [7, 11) is 0. The molecule has 0 aliphatic carbocycles. The first-order valence-corrected chi connectivity index (χ1v) is 7.90. The summed E-state index contributed by atoms with van der Waals surface area (Å²) in [6.45, 7) is 1.72. The Balaban J connectivity index is 1.49. The average molecular weight is 295 g/mol. The van der Waals surface area contributed by atoms with Crippen LogP contribution in [0.3, 0.4) is 0 Å². The van der Waals surface area contributed by atoms with Crippen LogP contribution in [-0.4, -0.2) is 16.5 Å². The SMILES string of the molecule is c1ccc(-c2csc(CNCCc3ccccn3)n2)cc1. The molecule has 3 aromatic rings. The number of aromatic nitrogens is 2. The number of thiazole rings is 1. The molecule has 3 rings (SSSR count). The number of hydrogen-bond acceptors (Lipinski definition) is 4. The lowest BCUT2D eigenvalue weighted by molar-refractivity contribution is 0.677. The minimum Gasteiger partial charge on any atom is -0.310 e. The number of benzene rings is 1. The van der Waals surface area contributed by atoms with E-state index in [0.717, 1.165) is 35.9 Å². The van der Waals surface area contributed by atoms with E-state index in [9.17, 15) is 0 Å². The summed E-state index contributed by atoms with van der Waals surface area (Å²) in [4.78, 5) is 8.98. The van der Waals surface area contributed by atoms with Crippen LogP contribution in [0.15, 0.2) is 60.1 Å². The van der Waals surface area contributed by atoms with Gasteiger partial charge in [-0.15, -0.1) is 11.3 Å². The predicted octanol–water partition coefficient (Wildman–Crippen LogP) is 3.54. The monoisotopic (exact) mass is 295 g/mol. The highest BCUT2D eigenvalue weighted by atomic mass is 32.1. The van der Waals surface area contributed by atoms with E-state index in [4.69, 9.17) is 0 Å². The third-order valence-electron chi connectivity index (χ3n) is 3.18. The van der Waals surface area contributed by atoms with E-state index < -0.39 is 0 Å². The maximum absolute atomic E-state index is 4.67. The second kappa shape index (κ2) is 7.11. The first kappa shape index (κ1) is 13.9. The van der Waals surface area contributed by atoms with E-state index in [1.54, 1.807) is 11.3 Å². The zero-order valence-electron chi connectivity index (χ0n) is 11.7. The summed E-state index contributed by atoms with van der Waals surface area (Å²) in [5, 5.41) is 6.66. The third-order valence-corrected chi connectivity index (χ3v) is 4.03. The van der Waals surface area contributed by atoms with Crippen LogP contribution in [0.4, 0.5) is 0 Å². The minimum absolute atomic E-state index is 0.810. The number of rotatable bonds is 6. The lowest BCUT2D eigenvalue weighted by Gasteiger charge is -2.02. The molecule has 1 N–H and O–H groups in total. The highest BCUT2D eigenvalue weighted by molar-refractivity contribution is 7.09.